The monoisotopic (exact) mass is 334 g/mol. The molecule has 1 aromatic carbocycles. The van der Waals surface area contributed by atoms with Crippen molar-refractivity contribution in [3.05, 3.63) is 35.9 Å². The normalized spacial score (nSPS) is 28.0. The molecule has 1 atom stereocenters. The van der Waals surface area contributed by atoms with Crippen LogP contribution in [0.1, 0.15) is 37.3 Å². The minimum Gasteiger partial charge on any atom is -0.337 e. The molecule has 4 rings (SSSR count). The quantitative estimate of drug-likeness (QED) is 0.792. The van der Waals surface area contributed by atoms with Gasteiger partial charge in [-0.2, -0.15) is 0 Å². The molecule has 6 heteroatoms. The van der Waals surface area contributed by atoms with Crippen molar-refractivity contribution < 1.29 is 13.2 Å². The highest BCUT2D eigenvalue weighted by molar-refractivity contribution is 7.90. The second kappa shape index (κ2) is 5.05. The Hall–Kier alpha value is -1.40. The molecular formula is C17H22N2O3S. The van der Waals surface area contributed by atoms with Crippen LogP contribution in [0.3, 0.4) is 0 Å². The maximum atomic E-state index is 12.6. The summed E-state index contributed by atoms with van der Waals surface area (Å²) in [7, 11) is -1.28. The molecule has 1 unspecified atom stereocenters. The number of sulfonamides is 1. The average Bonchev–Trinajstić information content (AvgIpc) is 3.41. The first-order chi connectivity index (χ1) is 11.0. The summed E-state index contributed by atoms with van der Waals surface area (Å²) in [5.41, 5.74) is 0.735. The van der Waals surface area contributed by atoms with Gasteiger partial charge in [0.2, 0.25) is 15.9 Å². The highest BCUT2D eigenvalue weighted by Gasteiger charge is 2.61. The first-order valence-electron chi connectivity index (χ1n) is 8.28. The molecule has 2 aliphatic heterocycles. The van der Waals surface area contributed by atoms with Crippen LogP contribution in [0.25, 0.3) is 0 Å². The maximum Gasteiger partial charge on any atom is 0.231 e. The van der Waals surface area contributed by atoms with E-state index in [4.69, 9.17) is 0 Å². The van der Waals surface area contributed by atoms with Crippen LogP contribution in [0.15, 0.2) is 30.3 Å². The molecule has 0 radical (unpaired) electrons. The maximum absolute atomic E-state index is 12.6. The Morgan fingerprint density at radius 3 is 2.26 bits per heavy atom. The summed E-state index contributed by atoms with van der Waals surface area (Å²) in [5, 5.41) is -0.166. The van der Waals surface area contributed by atoms with Crippen molar-refractivity contribution in [2.24, 2.45) is 5.41 Å². The molecule has 3 fully saturated rings. The smallest absolute Gasteiger partial charge is 0.231 e. The van der Waals surface area contributed by atoms with E-state index in [1.54, 1.807) is 9.21 Å². The first kappa shape index (κ1) is 15.1. The summed E-state index contributed by atoms with van der Waals surface area (Å²) in [4.78, 5) is 14.4. The summed E-state index contributed by atoms with van der Waals surface area (Å²) in [5.74, 6) is 0.162. The van der Waals surface area contributed by atoms with Crippen LogP contribution >= 0.6 is 0 Å². The third-order valence-electron chi connectivity index (χ3n) is 5.69. The number of benzene rings is 1. The van der Waals surface area contributed by atoms with E-state index in [2.05, 4.69) is 12.1 Å². The van der Waals surface area contributed by atoms with Gasteiger partial charge < -0.3 is 4.90 Å². The Bertz CT molecular complexity index is 719. The summed E-state index contributed by atoms with van der Waals surface area (Å²) < 4.78 is 26.4. The highest BCUT2D eigenvalue weighted by atomic mass is 32.2. The van der Waals surface area contributed by atoms with Gasteiger partial charge >= 0.3 is 0 Å². The predicted molar refractivity (Wildman–Crippen MR) is 87.1 cm³/mol. The molecule has 124 valence electrons. The molecule has 0 N–H and O–H groups in total. The van der Waals surface area contributed by atoms with Crippen molar-refractivity contribution in [3.63, 3.8) is 0 Å². The van der Waals surface area contributed by atoms with Crippen LogP contribution in [0, 0.1) is 5.41 Å². The Labute approximate surface area is 137 Å². The van der Waals surface area contributed by atoms with E-state index in [0.29, 0.717) is 25.9 Å². The fourth-order valence-electron chi connectivity index (χ4n) is 4.27. The minimum absolute atomic E-state index is 0.0713. The summed E-state index contributed by atoms with van der Waals surface area (Å²) in [6.07, 6.45) is 2.83. The molecule has 1 amide bonds. The highest BCUT2D eigenvalue weighted by Crippen LogP contribution is 2.55. The van der Waals surface area contributed by atoms with Gasteiger partial charge in [0.25, 0.3) is 0 Å². The summed E-state index contributed by atoms with van der Waals surface area (Å²) >= 11 is 0. The van der Waals surface area contributed by atoms with Crippen molar-refractivity contribution >= 4 is 15.9 Å². The SMILES string of the molecule is CN1C(=O)C2(CCN(S(=O)(=O)C3CC3)CC2)C1c1ccccc1. The van der Waals surface area contributed by atoms with Gasteiger partial charge in [-0.1, -0.05) is 30.3 Å². The number of likely N-dealkylation sites (tertiary alicyclic amines) is 1. The second-order valence-electron chi connectivity index (χ2n) is 7.03. The van der Waals surface area contributed by atoms with Crippen molar-refractivity contribution in [1.82, 2.24) is 9.21 Å². The molecule has 3 aliphatic rings. The van der Waals surface area contributed by atoms with Gasteiger partial charge in [-0.15, -0.1) is 0 Å². The van der Waals surface area contributed by atoms with Gasteiger partial charge in [0, 0.05) is 20.1 Å². The van der Waals surface area contributed by atoms with E-state index in [9.17, 15) is 13.2 Å². The van der Waals surface area contributed by atoms with Gasteiger partial charge in [0.15, 0.2) is 0 Å². The van der Waals surface area contributed by atoms with E-state index in [0.717, 1.165) is 18.4 Å². The Morgan fingerprint density at radius 2 is 1.70 bits per heavy atom. The number of carbonyl (C=O) groups is 1. The first-order valence-corrected chi connectivity index (χ1v) is 9.78. The van der Waals surface area contributed by atoms with Crippen molar-refractivity contribution in [3.8, 4) is 0 Å². The lowest BCUT2D eigenvalue weighted by Crippen LogP contribution is -2.65. The zero-order valence-electron chi connectivity index (χ0n) is 13.3. The van der Waals surface area contributed by atoms with Crippen molar-refractivity contribution in [2.75, 3.05) is 20.1 Å². The number of carbonyl (C=O) groups excluding carboxylic acids is 1. The molecule has 2 saturated heterocycles. The average molecular weight is 334 g/mol. The van der Waals surface area contributed by atoms with E-state index in [-0.39, 0.29) is 17.2 Å². The lowest BCUT2D eigenvalue weighted by Gasteiger charge is -2.57. The van der Waals surface area contributed by atoms with Crippen LogP contribution in [0.5, 0.6) is 0 Å². The molecule has 1 spiro atoms. The van der Waals surface area contributed by atoms with Gasteiger partial charge in [-0.3, -0.25) is 4.79 Å². The topological polar surface area (TPSA) is 57.7 Å². The molecule has 23 heavy (non-hydrogen) atoms. The number of piperidine rings is 1. The predicted octanol–water partition coefficient (Wildman–Crippen LogP) is 1.77. The molecule has 5 nitrogen and oxygen atoms in total. The number of amides is 1. The number of nitrogens with zero attached hydrogens (tertiary/aromatic N) is 2. The van der Waals surface area contributed by atoms with Gasteiger partial charge in [0.1, 0.15) is 0 Å². The Morgan fingerprint density at radius 1 is 1.09 bits per heavy atom. The third-order valence-corrected chi connectivity index (χ3v) is 8.09. The molecule has 0 aromatic heterocycles. The van der Waals surface area contributed by atoms with Crippen LogP contribution in [-0.2, 0) is 14.8 Å². The molecule has 2 heterocycles. The van der Waals surface area contributed by atoms with E-state index in [1.807, 2.05) is 25.2 Å². The fourth-order valence-corrected chi connectivity index (χ4v) is 6.12. The zero-order chi connectivity index (χ0) is 16.2. The summed E-state index contributed by atoms with van der Waals surface area (Å²) in [6, 6.07) is 10.1. The molecule has 0 bridgehead atoms. The van der Waals surface area contributed by atoms with Gasteiger partial charge in [-0.05, 0) is 31.2 Å². The van der Waals surface area contributed by atoms with E-state index in [1.165, 1.54) is 0 Å². The van der Waals surface area contributed by atoms with E-state index >= 15 is 0 Å². The summed E-state index contributed by atoms with van der Waals surface area (Å²) in [6.45, 7) is 0.948. The Kier molecular flexibility index (Phi) is 3.32. The second-order valence-corrected chi connectivity index (χ2v) is 9.24. The van der Waals surface area contributed by atoms with Gasteiger partial charge in [-0.25, -0.2) is 12.7 Å². The van der Waals surface area contributed by atoms with Crippen LogP contribution in [0.2, 0.25) is 0 Å². The minimum atomic E-state index is -3.13. The molecule has 1 aliphatic carbocycles. The number of β-lactam (4-membered cyclic amide) rings is 1. The lowest BCUT2D eigenvalue weighted by atomic mass is 9.63. The number of hydrogen-bond acceptors (Lipinski definition) is 3. The molecular weight excluding hydrogens is 312 g/mol. The molecule has 1 saturated carbocycles. The standard InChI is InChI=1S/C17H22N2O3S/c1-18-15(13-5-3-2-4-6-13)17(16(18)20)9-11-19(12-10-17)23(21,22)14-7-8-14/h2-6,14-15H,7-12H2,1H3. The van der Waals surface area contributed by atoms with E-state index < -0.39 is 15.4 Å². The zero-order valence-corrected chi connectivity index (χ0v) is 14.1. The Balaban J connectivity index is 1.56. The lowest BCUT2D eigenvalue weighted by molar-refractivity contribution is -0.175. The van der Waals surface area contributed by atoms with Crippen LogP contribution in [-0.4, -0.2) is 48.9 Å². The fraction of sp³-hybridized carbons (Fsp3) is 0.588. The van der Waals surface area contributed by atoms with Gasteiger partial charge in [0.05, 0.1) is 16.7 Å². The number of rotatable bonds is 3. The number of hydrogen-bond donors (Lipinski definition) is 0. The van der Waals surface area contributed by atoms with Crippen molar-refractivity contribution in [1.29, 1.82) is 0 Å². The largest absolute Gasteiger partial charge is 0.337 e. The van der Waals surface area contributed by atoms with Crippen LogP contribution < -0.4 is 0 Å². The molecule has 1 aromatic rings. The van der Waals surface area contributed by atoms with Crippen LogP contribution in [0.4, 0.5) is 0 Å². The van der Waals surface area contributed by atoms with Crippen molar-refractivity contribution in [2.45, 2.75) is 37.0 Å². The third kappa shape index (κ3) is 2.15.